The first-order chi connectivity index (χ1) is 13.0. The zero-order valence-corrected chi connectivity index (χ0v) is 15.0. The van der Waals surface area contributed by atoms with Crippen LogP contribution in [0.15, 0.2) is 18.2 Å². The number of carbonyl (C=O) groups excluding carboxylic acids is 3. The average Bonchev–Trinajstić information content (AvgIpc) is 2.97. The molecule has 0 spiro atoms. The van der Waals surface area contributed by atoms with Crippen LogP contribution in [0.5, 0.6) is 0 Å². The molecule has 2 fully saturated rings. The van der Waals surface area contributed by atoms with Crippen molar-refractivity contribution >= 4 is 17.7 Å². The quantitative estimate of drug-likeness (QED) is 0.657. The summed E-state index contributed by atoms with van der Waals surface area (Å²) in [6.45, 7) is 1.92. The predicted molar refractivity (Wildman–Crippen MR) is 95.5 cm³/mol. The smallest absolute Gasteiger partial charge is 0.255 e. The van der Waals surface area contributed by atoms with Crippen LogP contribution in [0.3, 0.4) is 0 Å². The third kappa shape index (κ3) is 3.59. The molecule has 0 saturated carbocycles. The van der Waals surface area contributed by atoms with Crippen molar-refractivity contribution in [2.45, 2.75) is 50.6 Å². The van der Waals surface area contributed by atoms with Gasteiger partial charge < -0.3 is 15.5 Å². The number of fused-ring (bicyclic) bond motifs is 1. The minimum absolute atomic E-state index is 0.0207. The Morgan fingerprint density at radius 1 is 1.22 bits per heavy atom. The van der Waals surface area contributed by atoms with Gasteiger partial charge in [-0.2, -0.15) is 0 Å². The van der Waals surface area contributed by atoms with Gasteiger partial charge in [0.1, 0.15) is 12.2 Å². The number of alkyl halides is 1. The van der Waals surface area contributed by atoms with Gasteiger partial charge in [-0.05, 0) is 24.0 Å². The summed E-state index contributed by atoms with van der Waals surface area (Å²) in [5, 5.41) is 8.70. The second-order valence-electron chi connectivity index (χ2n) is 7.42. The van der Waals surface area contributed by atoms with Crippen molar-refractivity contribution in [3.63, 3.8) is 0 Å². The van der Waals surface area contributed by atoms with Crippen molar-refractivity contribution in [1.29, 1.82) is 0 Å². The van der Waals surface area contributed by atoms with Crippen molar-refractivity contribution in [2.75, 3.05) is 13.1 Å². The number of nitrogens with zero attached hydrogens (tertiary/aromatic N) is 1. The van der Waals surface area contributed by atoms with Gasteiger partial charge in [-0.25, -0.2) is 4.39 Å². The van der Waals surface area contributed by atoms with Gasteiger partial charge in [0.25, 0.3) is 5.91 Å². The highest BCUT2D eigenvalue weighted by Crippen LogP contribution is 2.29. The Morgan fingerprint density at radius 2 is 2.07 bits per heavy atom. The zero-order valence-electron chi connectivity index (χ0n) is 15.0. The standard InChI is InChI=1S/C19H23FN4O3/c20-13-6-14(9-21-8-13)22-7-11-2-1-3-12-10-24(19(27)17(11)12)15-4-5-16(25)23-18(15)26/h1-3,13-15,21-22H,4-10H2,(H,23,25,26)/t13-,14+,15?/m1/s1. The Morgan fingerprint density at radius 3 is 2.85 bits per heavy atom. The van der Waals surface area contributed by atoms with Gasteiger partial charge in [0.15, 0.2) is 0 Å². The molecule has 2 saturated heterocycles. The van der Waals surface area contributed by atoms with E-state index in [4.69, 9.17) is 0 Å². The van der Waals surface area contributed by atoms with Crippen molar-refractivity contribution < 1.29 is 18.8 Å². The van der Waals surface area contributed by atoms with Crippen LogP contribution in [-0.4, -0.2) is 54.0 Å². The predicted octanol–water partition coefficient (Wildman–Crippen LogP) is 0.237. The molecule has 0 aliphatic carbocycles. The Kier molecular flexibility index (Phi) is 4.92. The topological polar surface area (TPSA) is 90.5 Å². The maximum atomic E-state index is 13.5. The summed E-state index contributed by atoms with van der Waals surface area (Å²) >= 11 is 0. The number of imide groups is 1. The molecule has 1 aromatic carbocycles. The first-order valence-corrected chi connectivity index (χ1v) is 9.36. The highest BCUT2D eigenvalue weighted by Gasteiger charge is 2.39. The molecule has 3 heterocycles. The van der Waals surface area contributed by atoms with E-state index in [1.54, 1.807) is 4.90 Å². The van der Waals surface area contributed by atoms with Crippen LogP contribution in [0.2, 0.25) is 0 Å². The molecule has 144 valence electrons. The number of hydrogen-bond acceptors (Lipinski definition) is 5. The lowest BCUT2D eigenvalue weighted by molar-refractivity contribution is -0.136. The van der Waals surface area contributed by atoms with Crippen LogP contribution in [-0.2, 0) is 22.7 Å². The van der Waals surface area contributed by atoms with Crippen molar-refractivity contribution in [3.05, 3.63) is 34.9 Å². The number of halogens is 1. The molecule has 3 aliphatic heterocycles. The number of carbonyl (C=O) groups is 3. The highest BCUT2D eigenvalue weighted by atomic mass is 19.1. The van der Waals surface area contributed by atoms with E-state index in [0.29, 0.717) is 44.6 Å². The van der Waals surface area contributed by atoms with Crippen LogP contribution >= 0.6 is 0 Å². The lowest BCUT2D eigenvalue weighted by Gasteiger charge is -2.29. The maximum absolute atomic E-state index is 13.5. The minimum atomic E-state index is -0.859. The third-order valence-corrected chi connectivity index (χ3v) is 5.52. The summed E-state index contributed by atoms with van der Waals surface area (Å²) in [7, 11) is 0. The van der Waals surface area contributed by atoms with Gasteiger partial charge in [-0.3, -0.25) is 19.7 Å². The first-order valence-electron chi connectivity index (χ1n) is 9.36. The molecule has 3 N–H and O–H groups in total. The highest BCUT2D eigenvalue weighted by molar-refractivity contribution is 6.05. The molecule has 1 unspecified atom stereocenters. The Labute approximate surface area is 156 Å². The molecule has 4 rings (SSSR count). The third-order valence-electron chi connectivity index (χ3n) is 5.52. The van der Waals surface area contributed by atoms with Gasteiger partial charge in [0.05, 0.1) is 0 Å². The molecule has 7 nitrogen and oxygen atoms in total. The normalized spacial score (nSPS) is 28.3. The molecule has 0 bridgehead atoms. The SMILES string of the molecule is O=C1CCC(N2Cc3cccc(CN[C@@H]4CNC[C@H](F)C4)c3C2=O)C(=O)N1. The van der Waals surface area contributed by atoms with E-state index < -0.39 is 18.1 Å². The van der Waals surface area contributed by atoms with Crippen molar-refractivity contribution in [3.8, 4) is 0 Å². The van der Waals surface area contributed by atoms with Gasteiger partial charge in [0, 0.05) is 44.2 Å². The average molecular weight is 374 g/mol. The molecule has 3 atom stereocenters. The molecular weight excluding hydrogens is 351 g/mol. The number of nitrogens with one attached hydrogen (secondary N) is 3. The Balaban J connectivity index is 1.48. The lowest BCUT2D eigenvalue weighted by atomic mass is 10.0. The fourth-order valence-electron chi connectivity index (χ4n) is 4.14. The number of piperidine rings is 2. The number of amides is 3. The maximum Gasteiger partial charge on any atom is 0.255 e. The van der Waals surface area contributed by atoms with E-state index >= 15 is 0 Å². The molecule has 3 aliphatic rings. The van der Waals surface area contributed by atoms with Crippen LogP contribution in [0, 0.1) is 0 Å². The fourth-order valence-corrected chi connectivity index (χ4v) is 4.14. The van der Waals surface area contributed by atoms with Crippen LogP contribution < -0.4 is 16.0 Å². The molecule has 27 heavy (non-hydrogen) atoms. The Hall–Kier alpha value is -2.32. The van der Waals surface area contributed by atoms with E-state index in [0.717, 1.165) is 11.1 Å². The summed E-state index contributed by atoms with van der Waals surface area (Å²) in [4.78, 5) is 38.1. The largest absolute Gasteiger partial charge is 0.322 e. The zero-order chi connectivity index (χ0) is 19.0. The van der Waals surface area contributed by atoms with E-state index in [1.807, 2.05) is 18.2 Å². The van der Waals surface area contributed by atoms with Crippen molar-refractivity contribution in [2.24, 2.45) is 0 Å². The number of hydrogen-bond donors (Lipinski definition) is 3. The van der Waals surface area contributed by atoms with Crippen LogP contribution in [0.4, 0.5) is 4.39 Å². The second-order valence-corrected chi connectivity index (χ2v) is 7.42. The second kappa shape index (κ2) is 7.36. The fraction of sp³-hybridized carbons (Fsp3) is 0.526. The minimum Gasteiger partial charge on any atom is -0.322 e. The van der Waals surface area contributed by atoms with E-state index in [-0.39, 0.29) is 24.3 Å². The monoisotopic (exact) mass is 374 g/mol. The van der Waals surface area contributed by atoms with E-state index in [1.165, 1.54) is 0 Å². The van der Waals surface area contributed by atoms with Crippen molar-refractivity contribution in [1.82, 2.24) is 20.9 Å². The molecule has 1 aromatic rings. The van der Waals surface area contributed by atoms with Gasteiger partial charge >= 0.3 is 0 Å². The van der Waals surface area contributed by atoms with Crippen LogP contribution in [0.1, 0.15) is 40.7 Å². The summed E-state index contributed by atoms with van der Waals surface area (Å²) in [6, 6.07) is 5.09. The molecule has 0 aromatic heterocycles. The Bertz CT molecular complexity index is 784. The van der Waals surface area contributed by atoms with E-state index in [9.17, 15) is 18.8 Å². The van der Waals surface area contributed by atoms with E-state index in [2.05, 4.69) is 16.0 Å². The summed E-state index contributed by atoms with van der Waals surface area (Å²) in [6.07, 6.45) is 0.189. The van der Waals surface area contributed by atoms with Gasteiger partial charge in [0.2, 0.25) is 11.8 Å². The summed E-state index contributed by atoms with van der Waals surface area (Å²) in [5.74, 6) is -0.881. The summed E-state index contributed by atoms with van der Waals surface area (Å²) in [5.41, 5.74) is 2.36. The number of benzene rings is 1. The molecule has 8 heteroatoms. The van der Waals surface area contributed by atoms with Gasteiger partial charge in [-0.15, -0.1) is 0 Å². The first kappa shape index (κ1) is 18.1. The van der Waals surface area contributed by atoms with Crippen LogP contribution in [0.25, 0.3) is 0 Å². The molecular formula is C19H23FN4O3. The van der Waals surface area contributed by atoms with Gasteiger partial charge in [-0.1, -0.05) is 18.2 Å². The summed E-state index contributed by atoms with van der Waals surface area (Å²) < 4.78 is 13.5. The number of rotatable bonds is 4. The molecule has 0 radical (unpaired) electrons. The molecule has 3 amide bonds. The lowest BCUT2D eigenvalue weighted by Crippen LogP contribution is -2.52.